The number of ether oxygens (including phenoxy) is 1. The lowest BCUT2D eigenvalue weighted by atomic mass is 10.1. The minimum Gasteiger partial charge on any atom is -0.444 e. The molecule has 0 unspecified atom stereocenters. The van der Waals surface area contributed by atoms with Crippen LogP contribution in [-0.4, -0.2) is 67.5 Å². The fourth-order valence-electron chi connectivity index (χ4n) is 3.57. The van der Waals surface area contributed by atoms with Gasteiger partial charge in [-0.3, -0.25) is 4.99 Å². The van der Waals surface area contributed by atoms with Crippen molar-refractivity contribution in [3.63, 3.8) is 0 Å². The van der Waals surface area contributed by atoms with Crippen molar-refractivity contribution in [2.45, 2.75) is 58.4 Å². The highest BCUT2D eigenvalue weighted by Gasteiger charge is 2.34. The zero-order valence-corrected chi connectivity index (χ0v) is 22.8. The Balaban J connectivity index is 1.83. The molecule has 0 saturated carbocycles. The van der Waals surface area contributed by atoms with Crippen LogP contribution in [0.4, 0.5) is 29.9 Å². The Morgan fingerprint density at radius 1 is 1.15 bits per heavy atom. The van der Waals surface area contributed by atoms with E-state index in [0.717, 1.165) is 12.3 Å². The summed E-state index contributed by atoms with van der Waals surface area (Å²) in [5, 5.41) is 6.22. The third-order valence-corrected chi connectivity index (χ3v) is 5.45. The van der Waals surface area contributed by atoms with E-state index in [1.54, 1.807) is 23.1 Å². The van der Waals surface area contributed by atoms with E-state index in [9.17, 15) is 18.0 Å². The van der Waals surface area contributed by atoms with Gasteiger partial charge >= 0.3 is 12.3 Å². The van der Waals surface area contributed by atoms with Crippen molar-refractivity contribution in [2.75, 3.05) is 23.7 Å². The molecule has 1 fully saturated rings. The molecule has 0 atom stereocenters. The van der Waals surface area contributed by atoms with E-state index in [4.69, 9.17) is 16.3 Å². The summed E-state index contributed by atoms with van der Waals surface area (Å²) in [6.45, 7) is 11.0. The van der Waals surface area contributed by atoms with Crippen molar-refractivity contribution < 1.29 is 22.7 Å². The number of pyridine rings is 1. The van der Waals surface area contributed by atoms with Gasteiger partial charge in [0.1, 0.15) is 22.2 Å². The third-order valence-electron chi connectivity index (χ3n) is 5.24. The van der Waals surface area contributed by atoms with Crippen LogP contribution in [0.25, 0.3) is 11.5 Å². The van der Waals surface area contributed by atoms with E-state index in [2.05, 4.69) is 42.1 Å². The molecule has 0 aliphatic carbocycles. The van der Waals surface area contributed by atoms with Crippen LogP contribution in [0.2, 0.25) is 5.15 Å². The van der Waals surface area contributed by atoms with E-state index in [1.165, 1.54) is 6.92 Å². The molecule has 1 aliphatic rings. The number of hydrogen-bond acceptors (Lipinski definition) is 9. The Bertz CT molecular complexity index is 1250. The molecule has 1 aliphatic heterocycles. The number of likely N-dealkylation sites (tertiary alicyclic amines) is 1. The normalized spacial score (nSPS) is 15.6. The number of piperidine rings is 1. The SMILES string of the molecule is C=C/N=C(\C=C(/C)Nc1nc(NC2CCN(C(=O)OC(C)(C)C)CC2)nc(-c2cccc(Cl)n2)n1)C(F)(F)F. The molecule has 2 aromatic rings. The second-order valence-electron chi connectivity index (χ2n) is 9.68. The average Bonchev–Trinajstić information content (AvgIpc) is 2.82. The molecule has 2 aromatic heterocycles. The predicted molar refractivity (Wildman–Crippen MR) is 144 cm³/mol. The number of amides is 1. The molecule has 0 radical (unpaired) electrons. The summed E-state index contributed by atoms with van der Waals surface area (Å²) in [6.07, 6.45) is -2.21. The number of anilines is 2. The molecule has 1 saturated heterocycles. The fraction of sp³-hybridized carbons (Fsp3) is 0.440. The Morgan fingerprint density at radius 2 is 1.82 bits per heavy atom. The number of carbonyl (C=O) groups is 1. The highest BCUT2D eigenvalue weighted by Crippen LogP contribution is 2.23. The number of alkyl halides is 3. The smallest absolute Gasteiger partial charge is 0.433 e. The van der Waals surface area contributed by atoms with E-state index in [-0.39, 0.29) is 40.7 Å². The van der Waals surface area contributed by atoms with E-state index in [0.29, 0.717) is 31.6 Å². The summed E-state index contributed by atoms with van der Waals surface area (Å²) < 4.78 is 45.2. The lowest BCUT2D eigenvalue weighted by Crippen LogP contribution is -2.44. The van der Waals surface area contributed by atoms with Crippen LogP contribution in [0.5, 0.6) is 0 Å². The molecular formula is C25H30ClF3N8O2. The van der Waals surface area contributed by atoms with Crippen molar-refractivity contribution in [1.29, 1.82) is 0 Å². The summed E-state index contributed by atoms with van der Waals surface area (Å²) in [7, 11) is 0. The van der Waals surface area contributed by atoms with Crippen molar-refractivity contribution in [3.05, 3.63) is 47.9 Å². The predicted octanol–water partition coefficient (Wildman–Crippen LogP) is 5.86. The number of carbonyl (C=O) groups excluding carboxylic acids is 1. The number of hydrogen-bond donors (Lipinski definition) is 2. The maximum Gasteiger partial charge on any atom is 0.433 e. The molecule has 39 heavy (non-hydrogen) atoms. The van der Waals surface area contributed by atoms with Crippen LogP contribution in [0.1, 0.15) is 40.5 Å². The zero-order chi connectivity index (χ0) is 28.8. The molecule has 3 heterocycles. The van der Waals surface area contributed by atoms with Crippen LogP contribution in [0.3, 0.4) is 0 Å². The Morgan fingerprint density at radius 3 is 2.41 bits per heavy atom. The molecular weight excluding hydrogens is 537 g/mol. The van der Waals surface area contributed by atoms with E-state index in [1.807, 2.05) is 20.8 Å². The largest absolute Gasteiger partial charge is 0.444 e. The maximum atomic E-state index is 13.3. The minimum atomic E-state index is -4.67. The van der Waals surface area contributed by atoms with Crippen LogP contribution in [0, 0.1) is 0 Å². The maximum absolute atomic E-state index is 13.3. The monoisotopic (exact) mass is 566 g/mol. The Labute approximate surface area is 229 Å². The second kappa shape index (κ2) is 12.4. The Kier molecular flexibility index (Phi) is 9.49. The Hall–Kier alpha value is -3.74. The molecule has 1 amide bonds. The summed E-state index contributed by atoms with van der Waals surface area (Å²) in [5.41, 5.74) is -1.29. The van der Waals surface area contributed by atoms with Gasteiger partial charge in [-0.1, -0.05) is 24.2 Å². The molecule has 14 heteroatoms. The molecule has 0 bridgehead atoms. The van der Waals surface area contributed by atoms with Crippen molar-refractivity contribution in [2.24, 2.45) is 4.99 Å². The van der Waals surface area contributed by atoms with Gasteiger partial charge < -0.3 is 20.3 Å². The van der Waals surface area contributed by atoms with Gasteiger partial charge in [0, 0.05) is 31.0 Å². The van der Waals surface area contributed by atoms with Crippen molar-refractivity contribution in [1.82, 2.24) is 24.8 Å². The first kappa shape index (κ1) is 29.8. The van der Waals surface area contributed by atoms with Crippen molar-refractivity contribution >= 4 is 35.3 Å². The molecule has 0 spiro atoms. The number of nitrogens with zero attached hydrogens (tertiary/aromatic N) is 6. The van der Waals surface area contributed by atoms with Gasteiger partial charge in [0.2, 0.25) is 11.9 Å². The number of rotatable bonds is 7. The first-order valence-corrected chi connectivity index (χ1v) is 12.5. The molecule has 210 valence electrons. The average molecular weight is 567 g/mol. The number of aromatic nitrogens is 4. The minimum absolute atomic E-state index is 0.00987. The van der Waals surface area contributed by atoms with Gasteiger partial charge in [-0.2, -0.15) is 28.1 Å². The summed E-state index contributed by atoms with van der Waals surface area (Å²) in [6, 6.07) is 4.84. The first-order valence-electron chi connectivity index (χ1n) is 12.1. The van der Waals surface area contributed by atoms with Gasteiger partial charge in [-0.05, 0) is 58.7 Å². The lowest BCUT2D eigenvalue weighted by molar-refractivity contribution is -0.0577. The van der Waals surface area contributed by atoms with E-state index < -0.39 is 17.5 Å². The van der Waals surface area contributed by atoms with Crippen molar-refractivity contribution in [3.8, 4) is 11.5 Å². The standard InChI is InChI=1S/C25H30ClF3N8O2/c1-6-30-18(25(27,28)29)14-15(2)31-21-34-20(17-8-7-9-19(26)33-17)35-22(36-21)32-16-10-12-37(13-11-16)23(38)39-24(3,4)5/h6-9,14,16H,1,10-13H2,2-5H3,(H2,31,32,34,35,36)/b15-14+,30-18+. The van der Waals surface area contributed by atoms with Gasteiger partial charge in [0.15, 0.2) is 5.82 Å². The highest BCUT2D eigenvalue weighted by atomic mass is 35.5. The third kappa shape index (κ3) is 9.20. The van der Waals surface area contributed by atoms with Gasteiger partial charge in [0.05, 0.1) is 0 Å². The van der Waals surface area contributed by atoms with E-state index >= 15 is 0 Å². The quantitative estimate of drug-likeness (QED) is 0.316. The molecule has 3 rings (SSSR count). The summed E-state index contributed by atoms with van der Waals surface area (Å²) in [5.74, 6) is 0.334. The lowest BCUT2D eigenvalue weighted by Gasteiger charge is -2.33. The van der Waals surface area contributed by atoms with Gasteiger partial charge in [-0.25, -0.2) is 9.78 Å². The fourth-order valence-corrected chi connectivity index (χ4v) is 3.73. The van der Waals surface area contributed by atoms with Crippen LogP contribution in [0.15, 0.2) is 47.7 Å². The number of halogens is 4. The van der Waals surface area contributed by atoms with Gasteiger partial charge in [0.25, 0.3) is 0 Å². The highest BCUT2D eigenvalue weighted by molar-refractivity contribution is 6.29. The second-order valence-corrected chi connectivity index (χ2v) is 10.1. The topological polar surface area (TPSA) is 118 Å². The molecule has 10 nitrogen and oxygen atoms in total. The number of nitrogens with one attached hydrogen (secondary N) is 2. The molecule has 0 aromatic carbocycles. The van der Waals surface area contributed by atoms with Gasteiger partial charge in [-0.15, -0.1) is 0 Å². The molecule has 2 N–H and O–H groups in total. The first-order chi connectivity index (χ1) is 18.2. The summed E-state index contributed by atoms with van der Waals surface area (Å²) in [4.78, 5) is 34.6. The number of aliphatic imine (C=N–C) groups is 1. The summed E-state index contributed by atoms with van der Waals surface area (Å²) >= 11 is 6.03. The van der Waals surface area contributed by atoms with Crippen LogP contribution >= 0.6 is 11.6 Å². The van der Waals surface area contributed by atoms with Crippen LogP contribution in [-0.2, 0) is 4.74 Å². The zero-order valence-electron chi connectivity index (χ0n) is 22.0. The number of allylic oxidation sites excluding steroid dienone is 2. The van der Waals surface area contributed by atoms with Crippen LogP contribution < -0.4 is 10.6 Å².